The van der Waals surface area contributed by atoms with E-state index in [1.54, 1.807) is 7.11 Å². The molecule has 0 unspecified atom stereocenters. The number of rotatable bonds is 4. The quantitative estimate of drug-likeness (QED) is 0.884. The van der Waals surface area contributed by atoms with Crippen molar-refractivity contribution in [1.82, 2.24) is 15.0 Å². The predicted molar refractivity (Wildman–Crippen MR) is 70.4 cm³/mol. The van der Waals surface area contributed by atoms with Crippen LogP contribution in [0, 0.1) is 0 Å². The number of benzene rings is 1. The number of nitrogens with zero attached hydrogens (tertiary/aromatic N) is 4. The monoisotopic (exact) mass is 245 g/mol. The number of aromatic nitrogens is 3. The molecule has 0 amide bonds. The van der Waals surface area contributed by atoms with Gasteiger partial charge in [-0.05, 0) is 12.1 Å². The Kier molecular flexibility index (Phi) is 3.57. The number of hydrogen-bond donors (Lipinski definition) is 1. The van der Waals surface area contributed by atoms with Gasteiger partial charge in [-0.25, -0.2) is 9.97 Å². The molecule has 0 spiro atoms. The Balaban J connectivity index is 2.20. The molecule has 1 aromatic heterocycles. The Morgan fingerprint density at radius 2 is 2.06 bits per heavy atom. The van der Waals surface area contributed by atoms with Crippen molar-refractivity contribution in [1.29, 1.82) is 0 Å². The van der Waals surface area contributed by atoms with E-state index in [-0.39, 0.29) is 0 Å². The zero-order chi connectivity index (χ0) is 13.0. The molecule has 6 heteroatoms. The molecule has 0 aliphatic carbocycles. The maximum Gasteiger partial charge on any atom is 0.232 e. The van der Waals surface area contributed by atoms with E-state index in [9.17, 15) is 0 Å². The van der Waals surface area contributed by atoms with E-state index in [2.05, 4.69) is 20.3 Å². The van der Waals surface area contributed by atoms with E-state index in [1.807, 2.05) is 43.3 Å². The number of anilines is 3. The van der Waals surface area contributed by atoms with Crippen LogP contribution in [0.2, 0.25) is 0 Å². The Bertz CT molecular complexity index is 529. The van der Waals surface area contributed by atoms with Gasteiger partial charge >= 0.3 is 0 Å². The van der Waals surface area contributed by atoms with E-state index in [0.29, 0.717) is 11.9 Å². The molecule has 2 rings (SSSR count). The Hall–Kier alpha value is -2.37. The van der Waals surface area contributed by atoms with Crippen molar-refractivity contribution in [3.05, 3.63) is 30.6 Å². The smallest absolute Gasteiger partial charge is 0.232 e. The summed E-state index contributed by atoms with van der Waals surface area (Å²) in [5.74, 6) is 1.89. The third kappa shape index (κ3) is 2.85. The van der Waals surface area contributed by atoms with Crippen molar-refractivity contribution in [3.63, 3.8) is 0 Å². The van der Waals surface area contributed by atoms with Crippen LogP contribution in [0.5, 0.6) is 5.75 Å². The molecule has 94 valence electrons. The second-order valence-electron chi connectivity index (χ2n) is 3.86. The first-order valence-electron chi connectivity index (χ1n) is 5.46. The van der Waals surface area contributed by atoms with Gasteiger partial charge in [0.2, 0.25) is 11.9 Å². The largest absolute Gasteiger partial charge is 0.497 e. The molecule has 0 fully saturated rings. The number of hydrogen-bond acceptors (Lipinski definition) is 6. The lowest BCUT2D eigenvalue weighted by atomic mass is 10.3. The van der Waals surface area contributed by atoms with Crippen molar-refractivity contribution in [2.45, 2.75) is 0 Å². The SMILES string of the molecule is COc1cccc(Nc2ncnc(N(C)C)n2)c1. The molecule has 0 aliphatic heterocycles. The number of nitrogens with one attached hydrogen (secondary N) is 1. The maximum absolute atomic E-state index is 5.15. The van der Waals surface area contributed by atoms with Crippen molar-refractivity contribution in [2.24, 2.45) is 0 Å². The first kappa shape index (κ1) is 12.1. The molecule has 0 radical (unpaired) electrons. The van der Waals surface area contributed by atoms with Gasteiger partial charge in [-0.2, -0.15) is 4.98 Å². The summed E-state index contributed by atoms with van der Waals surface area (Å²) in [6.45, 7) is 0. The third-order valence-corrected chi connectivity index (χ3v) is 2.29. The van der Waals surface area contributed by atoms with E-state index < -0.39 is 0 Å². The molecule has 0 saturated heterocycles. The molecule has 0 atom stereocenters. The molecule has 6 nitrogen and oxygen atoms in total. The van der Waals surface area contributed by atoms with Gasteiger partial charge in [0.25, 0.3) is 0 Å². The van der Waals surface area contributed by atoms with Gasteiger partial charge in [0.15, 0.2) is 0 Å². The Morgan fingerprint density at radius 1 is 1.22 bits per heavy atom. The molecule has 0 aliphatic rings. The van der Waals surface area contributed by atoms with Crippen molar-refractivity contribution in [2.75, 3.05) is 31.4 Å². The van der Waals surface area contributed by atoms with Gasteiger partial charge < -0.3 is 15.0 Å². The summed E-state index contributed by atoms with van der Waals surface area (Å²) < 4.78 is 5.15. The Labute approximate surface area is 106 Å². The normalized spacial score (nSPS) is 9.94. The standard InChI is InChI=1S/C12H15N5O/c1-17(2)12-14-8-13-11(16-12)15-9-5-4-6-10(7-9)18-3/h4-8H,1-3H3,(H,13,14,15,16). The summed E-state index contributed by atoms with van der Waals surface area (Å²) in [5.41, 5.74) is 0.866. The lowest BCUT2D eigenvalue weighted by molar-refractivity contribution is 0.415. The second-order valence-corrected chi connectivity index (χ2v) is 3.86. The minimum atomic E-state index is 0.502. The maximum atomic E-state index is 5.15. The molecule has 1 N–H and O–H groups in total. The lowest BCUT2D eigenvalue weighted by Crippen LogP contribution is -2.13. The van der Waals surface area contributed by atoms with E-state index in [4.69, 9.17) is 4.74 Å². The van der Waals surface area contributed by atoms with Gasteiger partial charge in [-0.15, -0.1) is 0 Å². The van der Waals surface area contributed by atoms with Gasteiger partial charge in [0, 0.05) is 25.8 Å². The Morgan fingerprint density at radius 3 is 2.78 bits per heavy atom. The van der Waals surface area contributed by atoms with Crippen molar-refractivity contribution in [3.8, 4) is 5.75 Å². The average molecular weight is 245 g/mol. The van der Waals surface area contributed by atoms with E-state index in [0.717, 1.165) is 11.4 Å². The minimum Gasteiger partial charge on any atom is -0.497 e. The molecule has 0 bridgehead atoms. The van der Waals surface area contributed by atoms with Gasteiger partial charge in [0.05, 0.1) is 7.11 Å². The van der Waals surface area contributed by atoms with Crippen molar-refractivity contribution < 1.29 is 4.74 Å². The fourth-order valence-corrected chi connectivity index (χ4v) is 1.39. The molecule has 18 heavy (non-hydrogen) atoms. The summed E-state index contributed by atoms with van der Waals surface area (Å²) in [6.07, 6.45) is 1.48. The van der Waals surface area contributed by atoms with Crippen LogP contribution in [0.3, 0.4) is 0 Å². The highest BCUT2D eigenvalue weighted by atomic mass is 16.5. The van der Waals surface area contributed by atoms with Crippen molar-refractivity contribution >= 4 is 17.6 Å². The second kappa shape index (κ2) is 5.31. The first-order chi connectivity index (χ1) is 8.69. The minimum absolute atomic E-state index is 0.502. The van der Waals surface area contributed by atoms with E-state index >= 15 is 0 Å². The molecule has 1 aromatic carbocycles. The van der Waals surface area contributed by atoms with Crippen LogP contribution in [0.25, 0.3) is 0 Å². The van der Waals surface area contributed by atoms with E-state index in [1.165, 1.54) is 6.33 Å². The summed E-state index contributed by atoms with van der Waals surface area (Å²) in [7, 11) is 5.39. The first-order valence-corrected chi connectivity index (χ1v) is 5.46. The fraction of sp³-hybridized carbons (Fsp3) is 0.250. The molecular weight excluding hydrogens is 230 g/mol. The summed E-state index contributed by atoms with van der Waals surface area (Å²) >= 11 is 0. The van der Waals surface area contributed by atoms with Crippen LogP contribution in [0.1, 0.15) is 0 Å². The zero-order valence-corrected chi connectivity index (χ0v) is 10.6. The molecule has 0 saturated carbocycles. The zero-order valence-electron chi connectivity index (χ0n) is 10.6. The predicted octanol–water partition coefficient (Wildman–Crippen LogP) is 1.69. The van der Waals surface area contributed by atoms with Crippen LogP contribution >= 0.6 is 0 Å². The van der Waals surface area contributed by atoms with Crippen LogP contribution in [-0.2, 0) is 0 Å². The highest BCUT2D eigenvalue weighted by molar-refractivity contribution is 5.56. The van der Waals surface area contributed by atoms with Gasteiger partial charge in [-0.3, -0.25) is 0 Å². The average Bonchev–Trinajstić information content (AvgIpc) is 2.39. The summed E-state index contributed by atoms with van der Waals surface area (Å²) in [5, 5.41) is 3.10. The topological polar surface area (TPSA) is 63.2 Å². The van der Waals surface area contributed by atoms with Crippen LogP contribution in [0.15, 0.2) is 30.6 Å². The molecule has 2 aromatic rings. The highest BCUT2D eigenvalue weighted by Crippen LogP contribution is 2.19. The van der Waals surface area contributed by atoms with Gasteiger partial charge in [0.1, 0.15) is 12.1 Å². The van der Waals surface area contributed by atoms with Crippen LogP contribution < -0.4 is 15.0 Å². The van der Waals surface area contributed by atoms with Gasteiger partial charge in [-0.1, -0.05) is 6.07 Å². The van der Waals surface area contributed by atoms with Crippen LogP contribution in [-0.4, -0.2) is 36.2 Å². The number of ether oxygens (including phenoxy) is 1. The highest BCUT2D eigenvalue weighted by Gasteiger charge is 2.03. The summed E-state index contributed by atoms with van der Waals surface area (Å²) in [4.78, 5) is 14.2. The number of methoxy groups -OCH3 is 1. The van der Waals surface area contributed by atoms with Crippen LogP contribution in [0.4, 0.5) is 17.6 Å². The summed E-state index contributed by atoms with van der Waals surface area (Å²) in [6, 6.07) is 7.57. The molecule has 1 heterocycles. The molecular formula is C12H15N5O. The third-order valence-electron chi connectivity index (χ3n) is 2.29. The fourth-order valence-electron chi connectivity index (χ4n) is 1.39. The lowest BCUT2D eigenvalue weighted by Gasteiger charge is -2.11.